The van der Waals surface area contributed by atoms with Gasteiger partial charge in [0.15, 0.2) is 0 Å². The van der Waals surface area contributed by atoms with Crippen LogP contribution in [-0.2, 0) is 0 Å². The van der Waals surface area contributed by atoms with Crippen LogP contribution in [0.1, 0.15) is 19.7 Å². The Kier molecular flexibility index (Phi) is 3.51. The van der Waals surface area contributed by atoms with Crippen LogP contribution in [0.4, 0.5) is 11.9 Å². The zero-order valence-corrected chi connectivity index (χ0v) is 9.71. The van der Waals surface area contributed by atoms with Gasteiger partial charge in [0, 0.05) is 13.1 Å². The molecule has 14 heavy (non-hydrogen) atoms. The minimum absolute atomic E-state index is 0.301. The Morgan fingerprint density at radius 1 is 1.29 bits per heavy atom. The average molecular weight is 213 g/mol. The summed E-state index contributed by atoms with van der Waals surface area (Å²) in [5, 5.41) is 3.12. The summed E-state index contributed by atoms with van der Waals surface area (Å²) in [6.07, 6.45) is 0. The van der Waals surface area contributed by atoms with Gasteiger partial charge in [0.2, 0.25) is 11.9 Å². The van der Waals surface area contributed by atoms with Gasteiger partial charge in [0.25, 0.3) is 0 Å². The summed E-state index contributed by atoms with van der Waals surface area (Å²) in [6, 6.07) is 0.301. The molecule has 0 fully saturated rings. The molecular formula is C8H15N5S. The second kappa shape index (κ2) is 4.45. The summed E-state index contributed by atoms with van der Waals surface area (Å²) in [4.78, 5) is 12.5. The predicted octanol–water partition coefficient (Wildman–Crippen LogP) is 1.28. The van der Waals surface area contributed by atoms with Crippen molar-refractivity contribution in [2.24, 2.45) is 0 Å². The molecule has 78 valence electrons. The first kappa shape index (κ1) is 11.0. The fraction of sp³-hybridized carbons (Fsp3) is 0.625. The van der Waals surface area contributed by atoms with E-state index in [0.717, 1.165) is 0 Å². The molecule has 0 atom stereocenters. The van der Waals surface area contributed by atoms with Gasteiger partial charge in [0.1, 0.15) is 5.82 Å². The van der Waals surface area contributed by atoms with E-state index >= 15 is 0 Å². The van der Waals surface area contributed by atoms with Gasteiger partial charge in [0.05, 0.1) is 0 Å². The summed E-state index contributed by atoms with van der Waals surface area (Å²) in [5.41, 5.74) is 0. The molecule has 0 bridgehead atoms. The van der Waals surface area contributed by atoms with Crippen LogP contribution in [0.3, 0.4) is 0 Å². The van der Waals surface area contributed by atoms with Gasteiger partial charge >= 0.3 is 0 Å². The minimum Gasteiger partial charge on any atom is -0.352 e. The maximum Gasteiger partial charge on any atom is 0.240 e. The molecule has 0 aliphatic carbocycles. The first-order valence-corrected chi connectivity index (χ1v) is 4.81. The Morgan fingerprint density at radius 3 is 2.43 bits per heavy atom. The molecule has 0 saturated heterocycles. The Bertz CT molecular complexity index is 313. The molecule has 6 heteroatoms. The smallest absolute Gasteiger partial charge is 0.240 e. The van der Waals surface area contributed by atoms with Crippen LogP contribution in [-0.4, -0.2) is 28.0 Å². The largest absolute Gasteiger partial charge is 0.352 e. The number of thiol groups is 1. The molecule has 1 aromatic heterocycles. The van der Waals surface area contributed by atoms with Crippen molar-refractivity contribution in [3.05, 3.63) is 5.82 Å². The molecule has 1 aromatic rings. The molecule has 1 rings (SSSR count). The van der Waals surface area contributed by atoms with Gasteiger partial charge in [-0.3, -0.25) is 4.31 Å². The molecule has 1 N–H and O–H groups in total. The maximum atomic E-state index is 4.19. The monoisotopic (exact) mass is 213 g/mol. The molecule has 0 saturated carbocycles. The molecule has 0 amide bonds. The van der Waals surface area contributed by atoms with Gasteiger partial charge < -0.3 is 5.32 Å². The van der Waals surface area contributed by atoms with Crippen molar-refractivity contribution in [2.45, 2.75) is 26.8 Å². The average Bonchev–Trinajstić information content (AvgIpc) is 2.01. The van der Waals surface area contributed by atoms with E-state index in [1.807, 2.05) is 20.8 Å². The summed E-state index contributed by atoms with van der Waals surface area (Å²) in [5.74, 6) is 1.81. The summed E-state index contributed by atoms with van der Waals surface area (Å²) < 4.78 is 1.56. The van der Waals surface area contributed by atoms with Gasteiger partial charge in [-0.05, 0) is 20.8 Å². The quantitative estimate of drug-likeness (QED) is 0.741. The highest BCUT2D eigenvalue weighted by molar-refractivity contribution is 7.81. The van der Waals surface area contributed by atoms with E-state index in [4.69, 9.17) is 0 Å². The molecular weight excluding hydrogens is 198 g/mol. The van der Waals surface area contributed by atoms with Crippen LogP contribution in [0.5, 0.6) is 0 Å². The van der Waals surface area contributed by atoms with E-state index in [0.29, 0.717) is 23.8 Å². The predicted molar refractivity (Wildman–Crippen MR) is 60.7 cm³/mol. The molecule has 5 nitrogen and oxygen atoms in total. The third-order valence-corrected chi connectivity index (χ3v) is 1.62. The van der Waals surface area contributed by atoms with Gasteiger partial charge in [-0.15, -0.1) is 0 Å². The highest BCUT2D eigenvalue weighted by atomic mass is 32.1. The molecule has 0 spiro atoms. The Labute approximate surface area is 89.5 Å². The number of aryl methyl sites for hydroxylation is 1. The fourth-order valence-corrected chi connectivity index (χ4v) is 1.02. The van der Waals surface area contributed by atoms with E-state index in [-0.39, 0.29) is 0 Å². The lowest BCUT2D eigenvalue weighted by atomic mass is 10.4. The highest BCUT2D eigenvalue weighted by Gasteiger charge is 2.06. The Balaban J connectivity index is 2.95. The number of aromatic nitrogens is 3. The van der Waals surface area contributed by atoms with E-state index in [2.05, 4.69) is 33.1 Å². The van der Waals surface area contributed by atoms with Crippen molar-refractivity contribution in [2.75, 3.05) is 16.7 Å². The number of hydrogen-bond donors (Lipinski definition) is 2. The van der Waals surface area contributed by atoms with Crippen molar-refractivity contribution in [1.29, 1.82) is 0 Å². The Morgan fingerprint density at radius 2 is 1.93 bits per heavy atom. The highest BCUT2D eigenvalue weighted by Crippen LogP contribution is 2.10. The number of rotatable bonds is 3. The third-order valence-electron chi connectivity index (χ3n) is 1.44. The zero-order valence-electron chi connectivity index (χ0n) is 8.81. The topological polar surface area (TPSA) is 53.9 Å². The van der Waals surface area contributed by atoms with Crippen LogP contribution in [0.2, 0.25) is 0 Å². The van der Waals surface area contributed by atoms with Crippen molar-refractivity contribution >= 4 is 24.7 Å². The van der Waals surface area contributed by atoms with E-state index in [9.17, 15) is 0 Å². The standard InChI is InChI=1S/C8H15N5S/c1-5(2)9-7-10-6(3)11-8(12-7)13(4)14/h5,14H,1-4H3,(H,9,10,11,12). The normalized spacial score (nSPS) is 10.4. The van der Waals surface area contributed by atoms with Crippen molar-refractivity contribution in [3.63, 3.8) is 0 Å². The van der Waals surface area contributed by atoms with Crippen LogP contribution in [0.25, 0.3) is 0 Å². The first-order chi connectivity index (χ1) is 6.49. The molecule has 0 aliphatic rings. The lowest BCUT2D eigenvalue weighted by Gasteiger charge is -2.12. The molecule has 0 aliphatic heterocycles. The summed E-state index contributed by atoms with van der Waals surface area (Å²) >= 11 is 4.13. The van der Waals surface area contributed by atoms with Crippen molar-refractivity contribution in [3.8, 4) is 0 Å². The van der Waals surface area contributed by atoms with Crippen LogP contribution in [0.15, 0.2) is 0 Å². The second-order valence-electron chi connectivity index (χ2n) is 3.33. The molecule has 1 heterocycles. The van der Waals surface area contributed by atoms with E-state index in [1.54, 1.807) is 11.4 Å². The number of hydrogen-bond acceptors (Lipinski definition) is 6. The summed E-state index contributed by atoms with van der Waals surface area (Å²) in [7, 11) is 1.77. The lowest BCUT2D eigenvalue weighted by molar-refractivity contribution is 0.855. The SMILES string of the molecule is Cc1nc(NC(C)C)nc(N(C)S)n1. The van der Waals surface area contributed by atoms with Crippen LogP contribution in [0, 0.1) is 6.92 Å². The second-order valence-corrected chi connectivity index (χ2v) is 3.93. The maximum absolute atomic E-state index is 4.19. The number of anilines is 2. The third kappa shape index (κ3) is 3.02. The zero-order chi connectivity index (χ0) is 10.7. The molecule has 0 aromatic carbocycles. The summed E-state index contributed by atoms with van der Waals surface area (Å²) in [6.45, 7) is 5.89. The van der Waals surface area contributed by atoms with Crippen LogP contribution >= 0.6 is 12.8 Å². The number of nitrogens with one attached hydrogen (secondary N) is 1. The van der Waals surface area contributed by atoms with Crippen LogP contribution < -0.4 is 9.62 Å². The lowest BCUT2D eigenvalue weighted by Crippen LogP contribution is -2.16. The van der Waals surface area contributed by atoms with Gasteiger partial charge in [-0.25, -0.2) is 0 Å². The Hall–Kier alpha value is -1.04. The van der Waals surface area contributed by atoms with E-state index < -0.39 is 0 Å². The molecule has 0 unspecified atom stereocenters. The number of nitrogens with zero attached hydrogens (tertiary/aromatic N) is 4. The fourth-order valence-electron chi connectivity index (χ4n) is 0.935. The van der Waals surface area contributed by atoms with Crippen molar-refractivity contribution in [1.82, 2.24) is 15.0 Å². The van der Waals surface area contributed by atoms with Gasteiger partial charge in [-0.1, -0.05) is 12.8 Å². The van der Waals surface area contributed by atoms with Crippen molar-refractivity contribution < 1.29 is 0 Å². The van der Waals surface area contributed by atoms with Gasteiger partial charge in [-0.2, -0.15) is 15.0 Å². The minimum atomic E-state index is 0.301. The molecule has 0 radical (unpaired) electrons. The van der Waals surface area contributed by atoms with E-state index in [1.165, 1.54) is 0 Å². The first-order valence-electron chi connectivity index (χ1n) is 4.41.